The fraction of sp³-hybridized carbons (Fsp3) is 0.250. The number of carbonyl (C=O) groups is 2. The highest BCUT2D eigenvalue weighted by Crippen LogP contribution is 2.27. The van der Waals surface area contributed by atoms with Gasteiger partial charge in [-0.3, -0.25) is 15.0 Å². The normalized spacial score (nSPS) is 11.6. The molecule has 3 aromatic carbocycles. The quantitative estimate of drug-likeness (QED) is 0.280. The molecule has 0 saturated heterocycles. The second-order valence-electron chi connectivity index (χ2n) is 10.1. The van der Waals surface area contributed by atoms with Gasteiger partial charge in [-0.2, -0.15) is 5.21 Å². The van der Waals surface area contributed by atoms with Crippen LogP contribution < -0.4 is 15.5 Å². The highest BCUT2D eigenvalue weighted by molar-refractivity contribution is 7.91. The minimum atomic E-state index is -3.43. The van der Waals surface area contributed by atoms with Crippen molar-refractivity contribution in [3.05, 3.63) is 89.5 Å². The summed E-state index contributed by atoms with van der Waals surface area (Å²) in [5.74, 6) is -0.381. The maximum Gasteiger partial charge on any atom is 0.326 e. The summed E-state index contributed by atoms with van der Waals surface area (Å²) in [6.45, 7) is 8.10. The van der Waals surface area contributed by atoms with Crippen molar-refractivity contribution in [2.45, 2.75) is 44.6 Å². The first-order chi connectivity index (χ1) is 19.0. The molecule has 11 nitrogen and oxygen atoms in total. The van der Waals surface area contributed by atoms with Gasteiger partial charge in [0.25, 0.3) is 11.9 Å². The van der Waals surface area contributed by atoms with E-state index in [1.807, 2.05) is 24.3 Å². The van der Waals surface area contributed by atoms with Crippen LogP contribution in [0.4, 0.5) is 22.1 Å². The van der Waals surface area contributed by atoms with E-state index in [9.17, 15) is 18.0 Å². The zero-order valence-corrected chi connectivity index (χ0v) is 23.5. The molecule has 0 unspecified atom stereocenters. The minimum Gasteiger partial charge on any atom is -0.307 e. The van der Waals surface area contributed by atoms with Crippen LogP contribution in [0.5, 0.6) is 0 Å². The van der Waals surface area contributed by atoms with Gasteiger partial charge in [0, 0.05) is 16.9 Å². The molecule has 208 valence electrons. The van der Waals surface area contributed by atoms with Gasteiger partial charge in [-0.05, 0) is 64.2 Å². The van der Waals surface area contributed by atoms with E-state index < -0.39 is 21.8 Å². The summed E-state index contributed by atoms with van der Waals surface area (Å²) in [4.78, 5) is 27.7. The van der Waals surface area contributed by atoms with Gasteiger partial charge in [0.05, 0.1) is 17.2 Å². The minimum absolute atomic E-state index is 0.0419. The van der Waals surface area contributed by atoms with Crippen LogP contribution in [0.25, 0.3) is 0 Å². The van der Waals surface area contributed by atoms with Crippen LogP contribution in [0.15, 0.2) is 77.7 Å². The maximum absolute atomic E-state index is 13.6. The van der Waals surface area contributed by atoms with Gasteiger partial charge in [0.2, 0.25) is 0 Å². The van der Waals surface area contributed by atoms with Crippen molar-refractivity contribution in [3.8, 4) is 0 Å². The average Bonchev–Trinajstić information content (AvgIpc) is 3.45. The van der Waals surface area contributed by atoms with Gasteiger partial charge in [-0.25, -0.2) is 13.2 Å². The number of benzene rings is 3. The van der Waals surface area contributed by atoms with Crippen molar-refractivity contribution in [1.82, 2.24) is 20.6 Å². The Morgan fingerprint density at radius 2 is 1.65 bits per heavy atom. The monoisotopic (exact) mass is 561 g/mol. The van der Waals surface area contributed by atoms with Crippen molar-refractivity contribution in [1.29, 1.82) is 0 Å². The Labute approximate surface area is 232 Å². The predicted octanol–water partition coefficient (Wildman–Crippen LogP) is 4.78. The Hall–Kier alpha value is -4.58. The van der Waals surface area contributed by atoms with E-state index in [0.29, 0.717) is 16.9 Å². The third-order valence-corrected chi connectivity index (χ3v) is 7.97. The molecule has 0 atom stereocenters. The van der Waals surface area contributed by atoms with Gasteiger partial charge in [0.15, 0.2) is 9.84 Å². The number of carbonyl (C=O) groups excluding carboxylic acids is 2. The number of nitrogens with one attached hydrogen (secondary N) is 3. The Balaban J connectivity index is 1.59. The molecule has 40 heavy (non-hydrogen) atoms. The number of aromatic amines is 1. The standard InChI is InChI=1S/C28H31N7O4S/c1-5-40(38,39)24-8-6-7-22(17-24)29-27(37)35(23-15-13-21(14-16-23)28(2,3)4)18-19-9-11-20(12-10-19)25(36)30-26-31-33-34-32-26/h6-17H,5,18H2,1-4H3,(H,29,37)(H2,30,31,32,33,34,36). The van der Waals surface area contributed by atoms with E-state index in [4.69, 9.17) is 0 Å². The largest absolute Gasteiger partial charge is 0.326 e. The van der Waals surface area contributed by atoms with E-state index in [-0.39, 0.29) is 28.6 Å². The Kier molecular flexibility index (Phi) is 8.29. The maximum atomic E-state index is 13.6. The number of nitrogens with zero attached hydrogens (tertiary/aromatic N) is 4. The molecule has 0 aliphatic heterocycles. The molecule has 1 aromatic heterocycles. The highest BCUT2D eigenvalue weighted by Gasteiger charge is 2.20. The van der Waals surface area contributed by atoms with Gasteiger partial charge in [-0.15, -0.1) is 5.10 Å². The number of hydrogen-bond acceptors (Lipinski definition) is 7. The molecule has 0 bridgehead atoms. The first-order valence-electron chi connectivity index (χ1n) is 12.6. The zero-order chi connectivity index (χ0) is 28.9. The molecular weight excluding hydrogens is 530 g/mol. The number of tetrazole rings is 1. The highest BCUT2D eigenvalue weighted by atomic mass is 32.2. The molecule has 0 aliphatic carbocycles. The zero-order valence-electron chi connectivity index (χ0n) is 22.7. The molecule has 0 radical (unpaired) electrons. The van der Waals surface area contributed by atoms with Crippen molar-refractivity contribution in [2.24, 2.45) is 0 Å². The molecule has 0 spiro atoms. The van der Waals surface area contributed by atoms with E-state index in [2.05, 4.69) is 52.0 Å². The topological polar surface area (TPSA) is 150 Å². The van der Waals surface area contributed by atoms with Gasteiger partial charge < -0.3 is 5.32 Å². The van der Waals surface area contributed by atoms with Crippen LogP contribution in [0.1, 0.15) is 49.2 Å². The van der Waals surface area contributed by atoms with Crippen molar-refractivity contribution < 1.29 is 18.0 Å². The third kappa shape index (κ3) is 6.89. The molecular formula is C28H31N7O4S. The molecule has 1 heterocycles. The predicted molar refractivity (Wildman–Crippen MR) is 153 cm³/mol. The van der Waals surface area contributed by atoms with E-state index in [1.54, 1.807) is 48.2 Å². The molecule has 0 saturated carbocycles. The average molecular weight is 562 g/mol. The summed E-state index contributed by atoms with van der Waals surface area (Å²) < 4.78 is 24.7. The van der Waals surface area contributed by atoms with Crippen LogP contribution in [0.3, 0.4) is 0 Å². The van der Waals surface area contributed by atoms with Crippen LogP contribution in [-0.2, 0) is 21.8 Å². The van der Waals surface area contributed by atoms with E-state index >= 15 is 0 Å². The lowest BCUT2D eigenvalue weighted by molar-refractivity contribution is 0.102. The van der Waals surface area contributed by atoms with Crippen molar-refractivity contribution >= 4 is 39.1 Å². The number of urea groups is 1. The lowest BCUT2D eigenvalue weighted by Gasteiger charge is -2.25. The van der Waals surface area contributed by atoms with Crippen molar-refractivity contribution in [3.63, 3.8) is 0 Å². The van der Waals surface area contributed by atoms with Crippen LogP contribution in [0.2, 0.25) is 0 Å². The SMILES string of the molecule is CCS(=O)(=O)c1cccc(NC(=O)N(Cc2ccc(C(=O)Nc3nn[nH]n3)cc2)c2ccc(C(C)(C)C)cc2)c1. The van der Waals surface area contributed by atoms with Crippen LogP contribution in [0, 0.1) is 0 Å². The molecule has 4 aromatic rings. The molecule has 3 amide bonds. The number of aromatic nitrogens is 4. The number of H-pyrrole nitrogens is 1. The smallest absolute Gasteiger partial charge is 0.307 e. The first kappa shape index (κ1) is 28.4. The second-order valence-corrected chi connectivity index (χ2v) is 12.4. The number of anilines is 3. The fourth-order valence-corrected chi connectivity index (χ4v) is 4.80. The van der Waals surface area contributed by atoms with Gasteiger partial charge >= 0.3 is 6.03 Å². The molecule has 4 rings (SSSR count). The number of rotatable bonds is 8. The lowest BCUT2D eigenvalue weighted by Crippen LogP contribution is -2.34. The molecule has 0 aliphatic rings. The second kappa shape index (κ2) is 11.7. The molecule has 12 heteroatoms. The Morgan fingerprint density at radius 1 is 0.950 bits per heavy atom. The number of sulfone groups is 1. The lowest BCUT2D eigenvalue weighted by atomic mass is 9.87. The fourth-order valence-electron chi connectivity index (χ4n) is 3.88. The van der Waals surface area contributed by atoms with E-state index in [1.165, 1.54) is 12.1 Å². The Morgan fingerprint density at radius 3 is 2.25 bits per heavy atom. The summed E-state index contributed by atoms with van der Waals surface area (Å²) in [5, 5.41) is 18.5. The van der Waals surface area contributed by atoms with Crippen LogP contribution >= 0.6 is 0 Å². The number of amides is 3. The Bertz CT molecular complexity index is 1580. The van der Waals surface area contributed by atoms with E-state index in [0.717, 1.165) is 11.1 Å². The molecule has 0 fully saturated rings. The summed E-state index contributed by atoms with van der Waals surface area (Å²) >= 11 is 0. The number of hydrogen-bond donors (Lipinski definition) is 3. The first-order valence-corrected chi connectivity index (χ1v) is 14.3. The van der Waals surface area contributed by atoms with Gasteiger partial charge in [-0.1, -0.05) is 63.1 Å². The van der Waals surface area contributed by atoms with Crippen molar-refractivity contribution in [2.75, 3.05) is 21.3 Å². The van der Waals surface area contributed by atoms with Crippen LogP contribution in [-0.4, -0.2) is 46.7 Å². The third-order valence-electron chi connectivity index (χ3n) is 6.24. The summed E-state index contributed by atoms with van der Waals surface area (Å²) in [7, 11) is -3.43. The molecule has 3 N–H and O–H groups in total. The van der Waals surface area contributed by atoms with Gasteiger partial charge in [0.1, 0.15) is 0 Å². The summed E-state index contributed by atoms with van der Waals surface area (Å²) in [5.41, 5.74) is 3.23. The summed E-state index contributed by atoms with van der Waals surface area (Å²) in [6, 6.07) is 20.3. The summed E-state index contributed by atoms with van der Waals surface area (Å²) in [6.07, 6.45) is 0.